The van der Waals surface area contributed by atoms with Crippen LogP contribution in [0, 0.1) is 6.92 Å². The standard InChI is InChI=1S/C19H15NO3S2/c1-12-3-2-4-14(9-12)11-20-17(21)16(25-19(20)24)10-13-5-7-15(8-6-13)18(22)23/h2-10H,11H2,1H3,(H,22,23)/b16-10-. The fraction of sp³-hybridized carbons (Fsp3) is 0.105. The minimum atomic E-state index is -0.976. The summed E-state index contributed by atoms with van der Waals surface area (Å²) in [5.41, 5.74) is 3.14. The number of hydrogen-bond donors (Lipinski definition) is 1. The van der Waals surface area contributed by atoms with Crippen molar-refractivity contribution in [1.29, 1.82) is 0 Å². The molecule has 1 amide bonds. The molecule has 25 heavy (non-hydrogen) atoms. The summed E-state index contributed by atoms with van der Waals surface area (Å²) >= 11 is 6.61. The number of nitrogens with zero attached hydrogens (tertiary/aromatic N) is 1. The van der Waals surface area contributed by atoms with E-state index in [2.05, 4.69) is 0 Å². The molecular formula is C19H15NO3S2. The number of thioether (sulfide) groups is 1. The second-order valence-corrected chi connectivity index (χ2v) is 7.36. The Bertz CT molecular complexity index is 888. The average Bonchev–Trinajstić information content (AvgIpc) is 2.83. The highest BCUT2D eigenvalue weighted by Crippen LogP contribution is 2.33. The number of carboxylic acid groups (broad SMARTS) is 1. The van der Waals surface area contributed by atoms with Gasteiger partial charge in [0.25, 0.3) is 5.91 Å². The van der Waals surface area contributed by atoms with Gasteiger partial charge in [-0.15, -0.1) is 0 Å². The first kappa shape index (κ1) is 17.4. The largest absolute Gasteiger partial charge is 0.478 e. The lowest BCUT2D eigenvalue weighted by Gasteiger charge is -2.14. The van der Waals surface area contributed by atoms with Gasteiger partial charge in [-0.05, 0) is 36.3 Å². The number of aryl methyl sites for hydroxylation is 1. The summed E-state index contributed by atoms with van der Waals surface area (Å²) in [5, 5.41) is 8.93. The van der Waals surface area contributed by atoms with Gasteiger partial charge in [0.1, 0.15) is 4.32 Å². The van der Waals surface area contributed by atoms with Crippen LogP contribution in [0.4, 0.5) is 0 Å². The van der Waals surface area contributed by atoms with Gasteiger partial charge < -0.3 is 5.11 Å². The summed E-state index contributed by atoms with van der Waals surface area (Å²) in [4.78, 5) is 25.7. The minimum Gasteiger partial charge on any atom is -0.478 e. The van der Waals surface area contributed by atoms with Crippen molar-refractivity contribution in [2.24, 2.45) is 0 Å². The van der Waals surface area contributed by atoms with E-state index in [4.69, 9.17) is 17.3 Å². The lowest BCUT2D eigenvalue weighted by Crippen LogP contribution is -2.27. The average molecular weight is 369 g/mol. The fourth-order valence-electron chi connectivity index (χ4n) is 2.50. The SMILES string of the molecule is Cc1cccc(CN2C(=O)/C(=C/c3ccc(C(=O)O)cc3)SC2=S)c1. The number of thiocarbonyl (C=S) groups is 1. The molecule has 0 aromatic heterocycles. The topological polar surface area (TPSA) is 57.6 Å². The van der Waals surface area contributed by atoms with Crippen molar-refractivity contribution in [2.45, 2.75) is 13.5 Å². The maximum atomic E-state index is 12.6. The zero-order valence-electron chi connectivity index (χ0n) is 13.4. The molecule has 2 aromatic carbocycles. The van der Waals surface area contributed by atoms with Crippen LogP contribution in [0.1, 0.15) is 27.0 Å². The molecule has 1 aliphatic rings. The molecule has 1 aliphatic heterocycles. The number of carbonyl (C=O) groups excluding carboxylic acids is 1. The van der Waals surface area contributed by atoms with E-state index >= 15 is 0 Å². The number of carbonyl (C=O) groups is 2. The van der Waals surface area contributed by atoms with Crippen molar-refractivity contribution in [3.63, 3.8) is 0 Å². The second kappa shape index (κ2) is 7.21. The van der Waals surface area contributed by atoms with E-state index in [1.807, 2.05) is 31.2 Å². The van der Waals surface area contributed by atoms with E-state index < -0.39 is 5.97 Å². The van der Waals surface area contributed by atoms with Gasteiger partial charge in [-0.3, -0.25) is 9.69 Å². The van der Waals surface area contributed by atoms with Gasteiger partial charge >= 0.3 is 5.97 Å². The molecule has 1 heterocycles. The lowest BCUT2D eigenvalue weighted by atomic mass is 10.1. The molecule has 0 spiro atoms. The Morgan fingerprint density at radius 2 is 1.96 bits per heavy atom. The van der Waals surface area contributed by atoms with Crippen LogP contribution >= 0.6 is 24.0 Å². The molecule has 2 aromatic rings. The van der Waals surface area contributed by atoms with Crippen molar-refractivity contribution in [2.75, 3.05) is 0 Å². The minimum absolute atomic E-state index is 0.126. The third-order valence-corrected chi connectivity index (χ3v) is 5.13. The third kappa shape index (κ3) is 3.97. The molecule has 6 heteroatoms. The first-order chi connectivity index (χ1) is 11.9. The molecule has 126 valence electrons. The van der Waals surface area contributed by atoms with Crippen molar-refractivity contribution in [3.8, 4) is 0 Å². The summed E-state index contributed by atoms with van der Waals surface area (Å²) in [6.45, 7) is 2.45. The number of rotatable bonds is 4. The molecule has 0 unspecified atom stereocenters. The first-order valence-corrected chi connectivity index (χ1v) is 8.81. The molecule has 4 nitrogen and oxygen atoms in total. The Kier molecular flexibility index (Phi) is 5.01. The highest BCUT2D eigenvalue weighted by atomic mass is 32.2. The highest BCUT2D eigenvalue weighted by molar-refractivity contribution is 8.26. The van der Waals surface area contributed by atoms with Crippen LogP contribution < -0.4 is 0 Å². The van der Waals surface area contributed by atoms with E-state index in [0.29, 0.717) is 15.8 Å². The number of hydrogen-bond acceptors (Lipinski definition) is 4. The first-order valence-electron chi connectivity index (χ1n) is 7.58. The van der Waals surface area contributed by atoms with Gasteiger partial charge in [-0.1, -0.05) is 65.9 Å². The maximum absolute atomic E-state index is 12.6. The zero-order valence-corrected chi connectivity index (χ0v) is 15.1. The summed E-state index contributed by atoms with van der Waals surface area (Å²) in [7, 11) is 0. The van der Waals surface area contributed by atoms with Crippen molar-refractivity contribution < 1.29 is 14.7 Å². The predicted molar refractivity (Wildman–Crippen MR) is 103 cm³/mol. The van der Waals surface area contributed by atoms with Crippen molar-refractivity contribution in [1.82, 2.24) is 4.90 Å². The maximum Gasteiger partial charge on any atom is 0.335 e. The monoisotopic (exact) mass is 369 g/mol. The molecule has 0 bridgehead atoms. The van der Waals surface area contributed by atoms with Crippen LogP contribution in [-0.2, 0) is 11.3 Å². The Morgan fingerprint density at radius 1 is 1.24 bits per heavy atom. The highest BCUT2D eigenvalue weighted by Gasteiger charge is 2.31. The van der Waals surface area contributed by atoms with E-state index in [1.165, 1.54) is 23.9 Å². The molecule has 1 saturated heterocycles. The van der Waals surface area contributed by atoms with E-state index in [-0.39, 0.29) is 11.5 Å². The molecule has 1 N–H and O–H groups in total. The van der Waals surface area contributed by atoms with Crippen molar-refractivity contribution in [3.05, 3.63) is 75.7 Å². The summed E-state index contributed by atoms with van der Waals surface area (Å²) < 4.78 is 0.528. The molecule has 0 aliphatic carbocycles. The van der Waals surface area contributed by atoms with Gasteiger partial charge in [0, 0.05) is 0 Å². The van der Waals surface area contributed by atoms with Gasteiger partial charge in [0.2, 0.25) is 0 Å². The Hall–Kier alpha value is -2.44. The van der Waals surface area contributed by atoms with Gasteiger partial charge in [-0.2, -0.15) is 0 Å². The Labute approximate surface area is 155 Å². The lowest BCUT2D eigenvalue weighted by molar-refractivity contribution is -0.122. The van der Waals surface area contributed by atoms with Crippen LogP contribution in [0.15, 0.2) is 53.4 Å². The molecular weight excluding hydrogens is 354 g/mol. The van der Waals surface area contributed by atoms with Gasteiger partial charge in [-0.25, -0.2) is 4.79 Å². The number of benzene rings is 2. The predicted octanol–water partition coefficient (Wildman–Crippen LogP) is 4.09. The van der Waals surface area contributed by atoms with Gasteiger partial charge in [0.05, 0.1) is 17.0 Å². The molecule has 3 rings (SSSR count). The normalized spacial score (nSPS) is 15.9. The van der Waals surface area contributed by atoms with Crippen LogP contribution in [-0.4, -0.2) is 26.2 Å². The second-order valence-electron chi connectivity index (χ2n) is 5.68. The van der Waals surface area contributed by atoms with E-state index in [9.17, 15) is 9.59 Å². The van der Waals surface area contributed by atoms with Crippen LogP contribution in [0.25, 0.3) is 6.08 Å². The molecule has 1 fully saturated rings. The fourth-order valence-corrected chi connectivity index (χ4v) is 3.76. The zero-order chi connectivity index (χ0) is 18.0. The van der Waals surface area contributed by atoms with Crippen LogP contribution in [0.2, 0.25) is 0 Å². The number of amides is 1. The Balaban J connectivity index is 1.79. The molecule has 0 radical (unpaired) electrons. The molecule has 0 atom stereocenters. The van der Waals surface area contributed by atoms with Crippen LogP contribution in [0.5, 0.6) is 0 Å². The number of aromatic carboxylic acids is 1. The van der Waals surface area contributed by atoms with E-state index in [0.717, 1.165) is 16.7 Å². The summed E-state index contributed by atoms with van der Waals surface area (Å²) in [6.07, 6.45) is 1.74. The van der Waals surface area contributed by atoms with Crippen molar-refractivity contribution >= 4 is 46.3 Å². The summed E-state index contributed by atoms with van der Waals surface area (Å²) in [5.74, 6) is -1.10. The third-order valence-electron chi connectivity index (χ3n) is 3.75. The molecule has 0 saturated carbocycles. The number of carboxylic acids is 1. The summed E-state index contributed by atoms with van der Waals surface area (Å²) in [6, 6.07) is 14.4. The van der Waals surface area contributed by atoms with Crippen LogP contribution in [0.3, 0.4) is 0 Å². The quantitative estimate of drug-likeness (QED) is 0.650. The van der Waals surface area contributed by atoms with Gasteiger partial charge in [0.15, 0.2) is 0 Å². The smallest absolute Gasteiger partial charge is 0.335 e. The Morgan fingerprint density at radius 3 is 2.60 bits per heavy atom. The van der Waals surface area contributed by atoms with E-state index in [1.54, 1.807) is 23.1 Å².